The standard InChI is InChI=1S/C20H22N4O2/c1-15-5-11-26-20(12-15)6-9-24(10-7-20)19(25)16-13-22-18(23-14-16)17-4-2-3-8-21-17/h2-4,8,12-14H,5-7,9-11H2,1H3. The highest BCUT2D eigenvalue weighted by Gasteiger charge is 2.36. The minimum absolute atomic E-state index is 0.0241. The highest BCUT2D eigenvalue weighted by atomic mass is 16.5. The van der Waals surface area contributed by atoms with Crippen LogP contribution in [-0.2, 0) is 4.74 Å². The first kappa shape index (κ1) is 16.8. The fraction of sp³-hybridized carbons (Fsp3) is 0.400. The highest BCUT2D eigenvalue weighted by molar-refractivity contribution is 5.93. The molecule has 2 aromatic rings. The summed E-state index contributed by atoms with van der Waals surface area (Å²) in [6, 6.07) is 5.58. The molecular weight excluding hydrogens is 328 g/mol. The topological polar surface area (TPSA) is 68.2 Å². The van der Waals surface area contributed by atoms with E-state index < -0.39 is 0 Å². The van der Waals surface area contributed by atoms with E-state index >= 15 is 0 Å². The van der Waals surface area contributed by atoms with Crippen LogP contribution in [0, 0.1) is 0 Å². The maximum atomic E-state index is 12.8. The average Bonchev–Trinajstić information content (AvgIpc) is 2.69. The Morgan fingerprint density at radius 3 is 2.58 bits per heavy atom. The Balaban J connectivity index is 1.43. The summed E-state index contributed by atoms with van der Waals surface area (Å²) in [5, 5.41) is 0. The lowest BCUT2D eigenvalue weighted by atomic mass is 9.87. The Morgan fingerprint density at radius 1 is 1.15 bits per heavy atom. The van der Waals surface area contributed by atoms with Gasteiger partial charge in [-0.05, 0) is 38.3 Å². The van der Waals surface area contributed by atoms with Gasteiger partial charge in [-0.3, -0.25) is 9.78 Å². The molecule has 0 radical (unpaired) electrons. The van der Waals surface area contributed by atoms with Crippen LogP contribution < -0.4 is 0 Å². The summed E-state index contributed by atoms with van der Waals surface area (Å²) in [7, 11) is 0. The summed E-state index contributed by atoms with van der Waals surface area (Å²) in [5.74, 6) is 0.500. The van der Waals surface area contributed by atoms with Crippen molar-refractivity contribution in [1.82, 2.24) is 19.9 Å². The van der Waals surface area contributed by atoms with Crippen molar-refractivity contribution >= 4 is 5.91 Å². The molecule has 4 heterocycles. The summed E-state index contributed by atoms with van der Waals surface area (Å²) >= 11 is 0. The Labute approximate surface area is 152 Å². The Bertz CT molecular complexity index is 809. The monoisotopic (exact) mass is 350 g/mol. The maximum Gasteiger partial charge on any atom is 0.256 e. The third-order valence-electron chi connectivity index (χ3n) is 5.09. The molecule has 0 aromatic carbocycles. The lowest BCUT2D eigenvalue weighted by Gasteiger charge is -2.42. The van der Waals surface area contributed by atoms with Gasteiger partial charge in [-0.1, -0.05) is 17.7 Å². The smallest absolute Gasteiger partial charge is 0.256 e. The van der Waals surface area contributed by atoms with E-state index in [4.69, 9.17) is 4.74 Å². The maximum absolute atomic E-state index is 12.8. The second-order valence-electron chi connectivity index (χ2n) is 6.96. The second-order valence-corrected chi connectivity index (χ2v) is 6.96. The second kappa shape index (κ2) is 6.96. The van der Waals surface area contributed by atoms with E-state index in [9.17, 15) is 4.79 Å². The van der Waals surface area contributed by atoms with Crippen LogP contribution in [0.15, 0.2) is 48.4 Å². The van der Waals surface area contributed by atoms with Crippen molar-refractivity contribution in [1.29, 1.82) is 0 Å². The number of carbonyl (C=O) groups is 1. The third-order valence-corrected chi connectivity index (χ3v) is 5.09. The number of pyridine rings is 1. The van der Waals surface area contributed by atoms with Gasteiger partial charge in [-0.15, -0.1) is 0 Å². The van der Waals surface area contributed by atoms with E-state index in [1.165, 1.54) is 5.57 Å². The summed E-state index contributed by atoms with van der Waals surface area (Å²) in [4.78, 5) is 27.5. The number of carbonyl (C=O) groups excluding carboxylic acids is 1. The number of ether oxygens (including phenoxy) is 1. The molecule has 0 unspecified atom stereocenters. The molecule has 2 aliphatic heterocycles. The predicted octanol–water partition coefficient (Wildman–Crippen LogP) is 2.88. The number of hydrogen-bond donors (Lipinski definition) is 0. The molecule has 0 aliphatic carbocycles. The van der Waals surface area contributed by atoms with Crippen LogP contribution in [0.5, 0.6) is 0 Å². The van der Waals surface area contributed by atoms with Crippen LogP contribution in [-0.4, -0.2) is 51.1 Å². The number of likely N-dealkylation sites (tertiary alicyclic amines) is 1. The SMILES string of the molecule is CC1=CC2(CCN(C(=O)c3cnc(-c4ccccn4)nc3)CC2)OCC1. The molecule has 134 valence electrons. The average molecular weight is 350 g/mol. The van der Waals surface area contributed by atoms with Gasteiger partial charge in [0, 0.05) is 31.7 Å². The van der Waals surface area contributed by atoms with E-state index in [1.54, 1.807) is 18.6 Å². The number of rotatable bonds is 2. The van der Waals surface area contributed by atoms with E-state index in [-0.39, 0.29) is 11.5 Å². The number of piperidine rings is 1. The molecule has 26 heavy (non-hydrogen) atoms. The first-order valence-electron chi connectivity index (χ1n) is 9.00. The first-order valence-corrected chi connectivity index (χ1v) is 9.00. The zero-order valence-electron chi connectivity index (χ0n) is 14.9. The molecule has 6 heteroatoms. The first-order chi connectivity index (χ1) is 12.7. The van der Waals surface area contributed by atoms with Gasteiger partial charge in [-0.2, -0.15) is 0 Å². The summed E-state index contributed by atoms with van der Waals surface area (Å²) in [6.07, 6.45) is 9.81. The minimum atomic E-state index is -0.182. The van der Waals surface area contributed by atoms with Crippen LogP contribution in [0.3, 0.4) is 0 Å². The molecule has 1 fully saturated rings. The van der Waals surface area contributed by atoms with Gasteiger partial charge in [0.2, 0.25) is 0 Å². The van der Waals surface area contributed by atoms with Gasteiger partial charge in [0.25, 0.3) is 5.91 Å². The molecule has 2 aromatic heterocycles. The van der Waals surface area contributed by atoms with Gasteiger partial charge in [0.05, 0.1) is 17.8 Å². The van der Waals surface area contributed by atoms with Crippen molar-refractivity contribution in [3.63, 3.8) is 0 Å². The number of nitrogens with zero attached hydrogens (tertiary/aromatic N) is 4. The Hall–Kier alpha value is -2.60. The lowest BCUT2D eigenvalue weighted by Crippen LogP contribution is -2.48. The quantitative estimate of drug-likeness (QED) is 0.779. The van der Waals surface area contributed by atoms with Gasteiger partial charge in [0.15, 0.2) is 5.82 Å². The third kappa shape index (κ3) is 3.37. The molecule has 2 aliphatic rings. The molecule has 0 bridgehead atoms. The minimum Gasteiger partial charge on any atom is -0.370 e. The molecule has 0 N–H and O–H groups in total. The van der Waals surface area contributed by atoms with Crippen LogP contribution in [0.1, 0.15) is 36.5 Å². The number of hydrogen-bond acceptors (Lipinski definition) is 5. The van der Waals surface area contributed by atoms with Crippen LogP contribution >= 0.6 is 0 Å². The largest absolute Gasteiger partial charge is 0.370 e. The van der Waals surface area contributed by atoms with Crippen molar-refractivity contribution in [2.45, 2.75) is 31.8 Å². The molecule has 1 spiro atoms. The van der Waals surface area contributed by atoms with Gasteiger partial charge in [-0.25, -0.2) is 9.97 Å². The van der Waals surface area contributed by atoms with Crippen LogP contribution in [0.25, 0.3) is 11.5 Å². The summed E-state index contributed by atoms with van der Waals surface area (Å²) < 4.78 is 6.03. The van der Waals surface area contributed by atoms with E-state index in [1.807, 2.05) is 23.1 Å². The van der Waals surface area contributed by atoms with Gasteiger partial charge < -0.3 is 9.64 Å². The van der Waals surface area contributed by atoms with Crippen molar-refractivity contribution in [2.24, 2.45) is 0 Å². The van der Waals surface area contributed by atoms with Crippen molar-refractivity contribution in [2.75, 3.05) is 19.7 Å². The van der Waals surface area contributed by atoms with Gasteiger partial charge >= 0.3 is 0 Å². The fourth-order valence-electron chi connectivity index (χ4n) is 3.60. The normalized spacial score (nSPS) is 19.3. The van der Waals surface area contributed by atoms with Gasteiger partial charge in [0.1, 0.15) is 5.69 Å². The zero-order valence-corrected chi connectivity index (χ0v) is 14.9. The van der Waals surface area contributed by atoms with E-state index in [2.05, 4.69) is 28.0 Å². The molecule has 4 rings (SSSR count). The number of amides is 1. The lowest BCUT2D eigenvalue weighted by molar-refractivity contribution is -0.0522. The van der Waals surface area contributed by atoms with Crippen molar-refractivity contribution < 1.29 is 9.53 Å². The van der Waals surface area contributed by atoms with Crippen molar-refractivity contribution in [3.05, 3.63) is 54.0 Å². The summed E-state index contributed by atoms with van der Waals surface area (Å²) in [6.45, 7) is 4.30. The van der Waals surface area contributed by atoms with Crippen molar-refractivity contribution in [3.8, 4) is 11.5 Å². The molecule has 0 saturated carbocycles. The number of aromatic nitrogens is 3. The highest BCUT2D eigenvalue weighted by Crippen LogP contribution is 2.33. The fourth-order valence-corrected chi connectivity index (χ4v) is 3.60. The predicted molar refractivity (Wildman–Crippen MR) is 97.5 cm³/mol. The summed E-state index contributed by atoms with van der Waals surface area (Å²) in [5.41, 5.74) is 2.41. The molecule has 0 atom stereocenters. The van der Waals surface area contributed by atoms with Crippen LogP contribution in [0.4, 0.5) is 0 Å². The molecular formula is C20H22N4O2. The molecule has 1 saturated heterocycles. The Kier molecular flexibility index (Phi) is 4.51. The zero-order chi connectivity index (χ0) is 18.0. The van der Waals surface area contributed by atoms with Crippen LogP contribution in [0.2, 0.25) is 0 Å². The Morgan fingerprint density at radius 2 is 1.92 bits per heavy atom. The van der Waals surface area contributed by atoms with E-state index in [0.717, 1.165) is 25.9 Å². The molecule has 6 nitrogen and oxygen atoms in total. The molecule has 1 amide bonds. The van der Waals surface area contributed by atoms with E-state index in [0.29, 0.717) is 30.2 Å².